The van der Waals surface area contributed by atoms with Crippen LogP contribution in [0.5, 0.6) is 11.5 Å². The molecule has 1 heterocycles. The Bertz CT molecular complexity index is 844. The van der Waals surface area contributed by atoms with Gasteiger partial charge in [-0.1, -0.05) is 77.7 Å². The minimum absolute atomic E-state index is 0. The van der Waals surface area contributed by atoms with Crippen LogP contribution in [-0.2, 0) is 13.1 Å². The molecule has 1 amide bonds. The van der Waals surface area contributed by atoms with E-state index in [2.05, 4.69) is 29.9 Å². The fourth-order valence-corrected chi connectivity index (χ4v) is 4.10. The Morgan fingerprint density at radius 1 is 0.857 bits per heavy atom. The first-order chi connectivity index (χ1) is 16.7. The molecule has 2 rings (SSSR count). The Labute approximate surface area is 230 Å². The molecule has 0 radical (unpaired) electrons. The fourth-order valence-electron chi connectivity index (χ4n) is 4.10. The molecule has 0 fully saturated rings. The molecule has 1 aromatic carbocycles. The molecule has 0 bridgehead atoms. The maximum absolute atomic E-state index is 12.7. The van der Waals surface area contributed by atoms with Crippen molar-refractivity contribution in [3.8, 4) is 11.5 Å². The zero-order valence-corrected chi connectivity index (χ0v) is 24.1. The number of pyridine rings is 1. The van der Waals surface area contributed by atoms with Gasteiger partial charge in [0.25, 0.3) is 5.91 Å². The first-order valence-electron chi connectivity index (χ1n) is 13.3. The number of rotatable bonds is 18. The van der Waals surface area contributed by atoms with Gasteiger partial charge in [0.05, 0.1) is 13.7 Å². The molecule has 0 saturated heterocycles. The Hall–Kier alpha value is -1.83. The number of hydrogen-bond acceptors (Lipinski definition) is 3. The van der Waals surface area contributed by atoms with Crippen LogP contribution in [0.2, 0.25) is 0 Å². The minimum Gasteiger partial charge on any atom is -1.00 e. The smallest absolute Gasteiger partial charge is 0.251 e. The summed E-state index contributed by atoms with van der Waals surface area (Å²) in [4.78, 5) is 12.7. The van der Waals surface area contributed by atoms with Gasteiger partial charge in [-0.3, -0.25) is 4.79 Å². The van der Waals surface area contributed by atoms with Crippen molar-refractivity contribution >= 4 is 5.91 Å². The van der Waals surface area contributed by atoms with Crippen LogP contribution in [0.15, 0.2) is 42.6 Å². The van der Waals surface area contributed by atoms with Crippen molar-refractivity contribution in [3.63, 3.8) is 0 Å². The molecule has 0 aliphatic rings. The monoisotopic (exact) mass is 596 g/mol. The van der Waals surface area contributed by atoms with E-state index in [-0.39, 0.29) is 29.9 Å². The summed E-state index contributed by atoms with van der Waals surface area (Å²) in [6.07, 6.45) is 16.1. The van der Waals surface area contributed by atoms with Crippen LogP contribution >= 0.6 is 0 Å². The molecular formula is C29H45IN2O3. The first kappa shape index (κ1) is 31.2. The van der Waals surface area contributed by atoms with Gasteiger partial charge < -0.3 is 38.8 Å². The summed E-state index contributed by atoms with van der Waals surface area (Å²) >= 11 is 0. The van der Waals surface area contributed by atoms with Gasteiger partial charge in [-0.25, -0.2) is 4.57 Å². The van der Waals surface area contributed by atoms with Crippen molar-refractivity contribution in [2.45, 2.75) is 97.6 Å². The average Bonchev–Trinajstić information content (AvgIpc) is 2.86. The minimum atomic E-state index is -0.119. The van der Waals surface area contributed by atoms with E-state index in [1.54, 1.807) is 19.2 Å². The topological polar surface area (TPSA) is 51.4 Å². The van der Waals surface area contributed by atoms with Crippen LogP contribution in [0.4, 0.5) is 0 Å². The first-order valence-corrected chi connectivity index (χ1v) is 13.3. The highest BCUT2D eigenvalue weighted by atomic mass is 127. The van der Waals surface area contributed by atoms with Gasteiger partial charge in [-0.15, -0.1) is 0 Å². The lowest BCUT2D eigenvalue weighted by atomic mass is 10.1. The summed E-state index contributed by atoms with van der Waals surface area (Å²) in [6.45, 7) is 6.50. The van der Waals surface area contributed by atoms with Crippen LogP contribution in [0.25, 0.3) is 0 Å². The summed E-state index contributed by atoms with van der Waals surface area (Å²) in [6, 6.07) is 11.5. The van der Waals surface area contributed by atoms with E-state index in [4.69, 9.17) is 9.47 Å². The van der Waals surface area contributed by atoms with Crippen LogP contribution in [0.3, 0.4) is 0 Å². The van der Waals surface area contributed by atoms with Crippen LogP contribution in [-0.4, -0.2) is 19.6 Å². The standard InChI is InChI=1S/C29H44N2O3.HI/c1-4-6-7-8-9-10-11-12-13-16-22-34-27-19-18-25(23-28(27)33-3)29(32)30-24-26-17-14-15-21-31(26)20-5-2;/h14-15,17-19,21,23H,4-13,16,20,22,24H2,1-3H3;1H. The van der Waals surface area contributed by atoms with Crippen LogP contribution < -0.4 is 43.3 Å². The van der Waals surface area contributed by atoms with Gasteiger partial charge in [-0.2, -0.15) is 0 Å². The molecule has 1 N–H and O–H groups in total. The second-order valence-electron chi connectivity index (χ2n) is 8.96. The maximum Gasteiger partial charge on any atom is 0.251 e. The SMILES string of the molecule is CCCCCCCCCCCCOc1ccc(C(=O)NCc2cccc[n+]2CCC)cc1OC.[I-]. The van der Waals surface area contributed by atoms with E-state index in [9.17, 15) is 4.79 Å². The van der Waals surface area contributed by atoms with Gasteiger partial charge >= 0.3 is 0 Å². The summed E-state index contributed by atoms with van der Waals surface area (Å²) in [5.74, 6) is 1.17. The largest absolute Gasteiger partial charge is 1.00 e. The van der Waals surface area contributed by atoms with Crippen molar-refractivity contribution < 1.29 is 42.8 Å². The average molecular weight is 597 g/mol. The molecule has 0 aliphatic heterocycles. The molecule has 0 saturated carbocycles. The van der Waals surface area contributed by atoms with Crippen LogP contribution in [0.1, 0.15) is 101 Å². The van der Waals surface area contributed by atoms with Crippen molar-refractivity contribution in [3.05, 3.63) is 53.9 Å². The number of nitrogens with zero attached hydrogens (tertiary/aromatic N) is 1. The quantitative estimate of drug-likeness (QED) is 0.163. The van der Waals surface area contributed by atoms with E-state index < -0.39 is 0 Å². The molecule has 35 heavy (non-hydrogen) atoms. The van der Waals surface area contributed by atoms with Gasteiger partial charge in [0, 0.05) is 24.1 Å². The number of methoxy groups -OCH3 is 1. The Morgan fingerprint density at radius 3 is 2.20 bits per heavy atom. The lowest BCUT2D eigenvalue weighted by molar-refractivity contribution is -0.704. The zero-order valence-electron chi connectivity index (χ0n) is 22.0. The Balaban J connectivity index is 0.00000612. The fraction of sp³-hybridized carbons (Fsp3) is 0.586. The highest BCUT2D eigenvalue weighted by Gasteiger charge is 2.14. The van der Waals surface area contributed by atoms with Crippen molar-refractivity contribution in [1.82, 2.24) is 5.32 Å². The number of aromatic nitrogens is 1. The molecule has 0 atom stereocenters. The van der Waals surface area contributed by atoms with Gasteiger partial charge in [0.15, 0.2) is 17.7 Å². The van der Waals surface area contributed by atoms with Gasteiger partial charge in [0.1, 0.15) is 13.1 Å². The molecule has 6 heteroatoms. The third-order valence-electron chi connectivity index (χ3n) is 6.11. The molecule has 2 aromatic rings. The Morgan fingerprint density at radius 2 is 1.54 bits per heavy atom. The van der Waals surface area contributed by atoms with E-state index >= 15 is 0 Å². The normalized spacial score (nSPS) is 10.5. The second-order valence-corrected chi connectivity index (χ2v) is 8.96. The number of nitrogens with one attached hydrogen (secondary N) is 1. The van der Waals surface area contributed by atoms with E-state index in [1.165, 1.54) is 57.8 Å². The summed E-state index contributed by atoms with van der Waals surface area (Å²) < 4.78 is 13.6. The molecular weight excluding hydrogens is 551 g/mol. The number of benzene rings is 1. The van der Waals surface area contributed by atoms with Gasteiger partial charge in [-0.05, 0) is 24.6 Å². The number of ether oxygens (including phenoxy) is 2. The molecule has 0 aliphatic carbocycles. The number of carbonyl (C=O) groups excluding carboxylic acids is 1. The molecule has 0 spiro atoms. The maximum atomic E-state index is 12.7. The highest BCUT2D eigenvalue weighted by Crippen LogP contribution is 2.28. The number of carbonyl (C=O) groups is 1. The lowest BCUT2D eigenvalue weighted by Crippen LogP contribution is -3.00. The predicted molar refractivity (Wildman–Crippen MR) is 138 cm³/mol. The predicted octanol–water partition coefficient (Wildman–Crippen LogP) is 3.63. The molecule has 5 nitrogen and oxygen atoms in total. The molecule has 0 unspecified atom stereocenters. The van der Waals surface area contributed by atoms with E-state index in [0.717, 1.165) is 25.1 Å². The highest BCUT2D eigenvalue weighted by molar-refractivity contribution is 5.94. The van der Waals surface area contributed by atoms with E-state index in [0.29, 0.717) is 30.2 Å². The number of amides is 1. The molecule has 196 valence electrons. The van der Waals surface area contributed by atoms with E-state index in [1.807, 2.05) is 24.3 Å². The van der Waals surface area contributed by atoms with Gasteiger partial charge in [0.2, 0.25) is 5.69 Å². The van der Waals surface area contributed by atoms with Crippen molar-refractivity contribution in [2.24, 2.45) is 0 Å². The summed E-state index contributed by atoms with van der Waals surface area (Å²) in [5.41, 5.74) is 1.65. The summed E-state index contributed by atoms with van der Waals surface area (Å²) in [5, 5.41) is 3.02. The lowest BCUT2D eigenvalue weighted by Gasteiger charge is -2.12. The Kier molecular flexibility index (Phi) is 17.3. The molecule has 1 aromatic heterocycles. The second kappa shape index (κ2) is 19.4. The summed E-state index contributed by atoms with van der Waals surface area (Å²) in [7, 11) is 1.61. The number of unbranched alkanes of at least 4 members (excludes halogenated alkanes) is 9. The number of halogens is 1. The zero-order chi connectivity index (χ0) is 24.4. The third kappa shape index (κ3) is 12.1. The van der Waals surface area contributed by atoms with Crippen molar-refractivity contribution in [2.75, 3.05) is 13.7 Å². The third-order valence-corrected chi connectivity index (χ3v) is 6.11. The number of aryl methyl sites for hydroxylation is 1. The van der Waals surface area contributed by atoms with Crippen LogP contribution in [0, 0.1) is 0 Å². The van der Waals surface area contributed by atoms with Crippen molar-refractivity contribution in [1.29, 1.82) is 0 Å². The number of hydrogen-bond donors (Lipinski definition) is 1.